The minimum atomic E-state index is -0.379. The van der Waals surface area contributed by atoms with Crippen LogP contribution in [0.5, 0.6) is 0 Å². The van der Waals surface area contributed by atoms with Crippen LogP contribution in [-0.2, 0) is 11.2 Å². The van der Waals surface area contributed by atoms with Gasteiger partial charge < -0.3 is 20.7 Å². The third kappa shape index (κ3) is 6.99. The molecule has 1 fully saturated rings. The van der Waals surface area contributed by atoms with Gasteiger partial charge in [0.05, 0.1) is 12.6 Å². The summed E-state index contributed by atoms with van der Waals surface area (Å²) in [5.41, 5.74) is 0.933. The van der Waals surface area contributed by atoms with Gasteiger partial charge in [0, 0.05) is 20.1 Å². The van der Waals surface area contributed by atoms with Crippen LogP contribution in [0.1, 0.15) is 25.3 Å². The Labute approximate surface area is 148 Å². The first-order valence-electron chi connectivity index (χ1n) is 8.74. The van der Waals surface area contributed by atoms with Gasteiger partial charge in [-0.15, -0.1) is 0 Å². The van der Waals surface area contributed by atoms with Gasteiger partial charge in [0.2, 0.25) is 0 Å². The third-order valence-corrected chi connectivity index (χ3v) is 4.08. The van der Waals surface area contributed by atoms with E-state index in [9.17, 15) is 9.18 Å². The zero-order chi connectivity index (χ0) is 18.1. The molecule has 1 amide bonds. The van der Waals surface area contributed by atoms with Gasteiger partial charge >= 0.3 is 6.09 Å². The molecule has 0 aliphatic heterocycles. The SMILES string of the molecule is CCOC(=O)NC(CNC(=NC)NCCc1cccc(F)c1)C1CC1. The summed E-state index contributed by atoms with van der Waals surface area (Å²) >= 11 is 0. The maximum atomic E-state index is 13.2. The molecule has 0 bridgehead atoms. The van der Waals surface area contributed by atoms with E-state index in [1.54, 1.807) is 20.0 Å². The number of benzene rings is 1. The number of rotatable bonds is 8. The van der Waals surface area contributed by atoms with Gasteiger partial charge in [0.15, 0.2) is 5.96 Å². The van der Waals surface area contributed by atoms with E-state index in [0.717, 1.165) is 18.4 Å². The lowest BCUT2D eigenvalue weighted by atomic mass is 10.1. The molecule has 138 valence electrons. The van der Waals surface area contributed by atoms with Crippen molar-refractivity contribution in [2.24, 2.45) is 10.9 Å². The van der Waals surface area contributed by atoms with Crippen LogP contribution in [0.4, 0.5) is 9.18 Å². The molecule has 3 N–H and O–H groups in total. The van der Waals surface area contributed by atoms with Crippen LogP contribution in [0, 0.1) is 11.7 Å². The first-order chi connectivity index (χ1) is 12.1. The van der Waals surface area contributed by atoms with Gasteiger partial charge in [-0.05, 0) is 49.8 Å². The number of nitrogens with one attached hydrogen (secondary N) is 3. The lowest BCUT2D eigenvalue weighted by Gasteiger charge is -2.20. The lowest BCUT2D eigenvalue weighted by Crippen LogP contribution is -2.48. The summed E-state index contributed by atoms with van der Waals surface area (Å²) in [6.07, 6.45) is 2.55. The molecule has 1 unspecified atom stereocenters. The van der Waals surface area contributed by atoms with Gasteiger partial charge in [-0.3, -0.25) is 4.99 Å². The molecule has 1 aliphatic rings. The van der Waals surface area contributed by atoms with Crippen LogP contribution >= 0.6 is 0 Å². The Morgan fingerprint density at radius 3 is 2.84 bits per heavy atom. The Morgan fingerprint density at radius 1 is 1.40 bits per heavy atom. The second kappa shape index (κ2) is 9.86. The highest BCUT2D eigenvalue weighted by atomic mass is 19.1. The second-order valence-corrected chi connectivity index (χ2v) is 6.07. The fourth-order valence-electron chi connectivity index (χ4n) is 2.60. The van der Waals surface area contributed by atoms with Crippen LogP contribution in [0.15, 0.2) is 29.3 Å². The van der Waals surface area contributed by atoms with E-state index >= 15 is 0 Å². The standard InChI is InChI=1S/C18H27FN4O2/c1-3-25-18(24)23-16(14-7-8-14)12-22-17(20-2)21-10-9-13-5-4-6-15(19)11-13/h4-6,11,14,16H,3,7-10,12H2,1-2H3,(H,23,24)(H2,20,21,22). The number of amides is 1. The number of ether oxygens (including phenoxy) is 1. The molecular weight excluding hydrogens is 323 g/mol. The van der Waals surface area contributed by atoms with Gasteiger partial charge in [0.1, 0.15) is 5.82 Å². The summed E-state index contributed by atoms with van der Waals surface area (Å²) in [6.45, 7) is 3.37. The van der Waals surface area contributed by atoms with Crippen molar-refractivity contribution < 1.29 is 13.9 Å². The summed E-state index contributed by atoms with van der Waals surface area (Å²) in [5, 5.41) is 9.33. The summed E-state index contributed by atoms with van der Waals surface area (Å²) in [7, 11) is 1.70. The number of aliphatic imine (C=N–C) groups is 1. The van der Waals surface area contributed by atoms with Crippen molar-refractivity contribution in [1.29, 1.82) is 0 Å². The number of carbonyl (C=O) groups excluding carboxylic acids is 1. The number of guanidine groups is 1. The topological polar surface area (TPSA) is 74.8 Å². The van der Waals surface area contributed by atoms with E-state index in [0.29, 0.717) is 38.0 Å². The first-order valence-corrected chi connectivity index (χ1v) is 8.74. The Kier molecular flexibility index (Phi) is 7.50. The molecule has 25 heavy (non-hydrogen) atoms. The van der Waals surface area contributed by atoms with Crippen LogP contribution < -0.4 is 16.0 Å². The van der Waals surface area contributed by atoms with Gasteiger partial charge in [-0.2, -0.15) is 0 Å². The molecule has 1 aromatic carbocycles. The van der Waals surface area contributed by atoms with Crippen molar-refractivity contribution in [1.82, 2.24) is 16.0 Å². The highest BCUT2D eigenvalue weighted by Gasteiger charge is 2.32. The second-order valence-electron chi connectivity index (χ2n) is 6.07. The van der Waals surface area contributed by atoms with Crippen molar-refractivity contribution in [3.8, 4) is 0 Å². The molecular formula is C18H27FN4O2. The molecule has 2 rings (SSSR count). The van der Waals surface area contributed by atoms with Crippen LogP contribution in [0.3, 0.4) is 0 Å². The number of hydrogen-bond donors (Lipinski definition) is 3. The molecule has 6 nitrogen and oxygen atoms in total. The van der Waals surface area contributed by atoms with E-state index in [1.807, 2.05) is 6.07 Å². The van der Waals surface area contributed by atoms with Gasteiger partial charge in [-0.25, -0.2) is 9.18 Å². The average molecular weight is 350 g/mol. The molecule has 1 aliphatic carbocycles. The minimum absolute atomic E-state index is 0.0285. The molecule has 1 saturated carbocycles. The van der Waals surface area contributed by atoms with Crippen molar-refractivity contribution in [2.75, 3.05) is 26.7 Å². The third-order valence-electron chi connectivity index (χ3n) is 4.08. The zero-order valence-corrected chi connectivity index (χ0v) is 14.8. The molecule has 0 radical (unpaired) electrons. The van der Waals surface area contributed by atoms with Gasteiger partial charge in [-0.1, -0.05) is 12.1 Å². The Morgan fingerprint density at radius 2 is 2.20 bits per heavy atom. The molecule has 1 aromatic rings. The first kappa shape index (κ1) is 19.0. The Bertz CT molecular complexity index is 590. The van der Waals surface area contributed by atoms with Crippen molar-refractivity contribution >= 4 is 12.1 Å². The molecule has 0 aromatic heterocycles. The summed E-state index contributed by atoms with van der Waals surface area (Å²) < 4.78 is 18.1. The fraction of sp³-hybridized carbons (Fsp3) is 0.556. The van der Waals surface area contributed by atoms with Crippen molar-refractivity contribution in [2.45, 2.75) is 32.2 Å². The normalized spacial score (nSPS) is 15.4. The Balaban J connectivity index is 1.73. The highest BCUT2D eigenvalue weighted by molar-refractivity contribution is 5.79. The largest absolute Gasteiger partial charge is 0.450 e. The number of halogens is 1. The number of carbonyl (C=O) groups is 1. The predicted molar refractivity (Wildman–Crippen MR) is 96.1 cm³/mol. The quantitative estimate of drug-likeness (QED) is 0.496. The molecule has 1 atom stereocenters. The van der Waals surface area contributed by atoms with E-state index < -0.39 is 0 Å². The van der Waals surface area contributed by atoms with Crippen molar-refractivity contribution in [3.63, 3.8) is 0 Å². The maximum Gasteiger partial charge on any atom is 0.407 e. The van der Waals surface area contributed by atoms with E-state index in [4.69, 9.17) is 4.74 Å². The zero-order valence-electron chi connectivity index (χ0n) is 14.8. The average Bonchev–Trinajstić information content (AvgIpc) is 3.42. The summed E-state index contributed by atoms with van der Waals surface area (Å²) in [5.74, 6) is 0.923. The van der Waals surface area contributed by atoms with Crippen LogP contribution in [0.25, 0.3) is 0 Å². The van der Waals surface area contributed by atoms with E-state index in [2.05, 4.69) is 20.9 Å². The van der Waals surface area contributed by atoms with Crippen LogP contribution in [-0.4, -0.2) is 44.8 Å². The smallest absolute Gasteiger partial charge is 0.407 e. The van der Waals surface area contributed by atoms with Gasteiger partial charge in [0.25, 0.3) is 0 Å². The number of nitrogens with zero attached hydrogens (tertiary/aromatic N) is 1. The maximum absolute atomic E-state index is 13.2. The number of alkyl carbamates (subject to hydrolysis) is 1. The van der Waals surface area contributed by atoms with E-state index in [1.165, 1.54) is 12.1 Å². The summed E-state index contributed by atoms with van der Waals surface area (Å²) in [6, 6.07) is 6.60. The molecule has 7 heteroatoms. The molecule has 0 heterocycles. The highest BCUT2D eigenvalue weighted by Crippen LogP contribution is 2.32. The number of hydrogen-bond acceptors (Lipinski definition) is 3. The predicted octanol–water partition coefficient (Wildman–Crippen LogP) is 2.06. The van der Waals surface area contributed by atoms with Crippen LogP contribution in [0.2, 0.25) is 0 Å². The Hall–Kier alpha value is -2.31. The molecule has 0 spiro atoms. The lowest BCUT2D eigenvalue weighted by molar-refractivity contribution is 0.146. The fourth-order valence-corrected chi connectivity index (χ4v) is 2.60. The van der Waals surface area contributed by atoms with E-state index in [-0.39, 0.29) is 18.0 Å². The molecule has 0 saturated heterocycles. The van der Waals surface area contributed by atoms with Crippen molar-refractivity contribution in [3.05, 3.63) is 35.6 Å². The summed E-state index contributed by atoms with van der Waals surface area (Å²) in [4.78, 5) is 15.8. The minimum Gasteiger partial charge on any atom is -0.450 e. The monoisotopic (exact) mass is 350 g/mol.